The van der Waals surface area contributed by atoms with Crippen LogP contribution in [0.4, 0.5) is 0 Å². The fourth-order valence-corrected chi connectivity index (χ4v) is 3.63. The van der Waals surface area contributed by atoms with Gasteiger partial charge in [0.2, 0.25) is 5.91 Å². The maximum Gasteiger partial charge on any atom is 0.261 e. The Balaban J connectivity index is 1.84. The lowest BCUT2D eigenvalue weighted by atomic mass is 10.2. The van der Waals surface area contributed by atoms with Crippen molar-refractivity contribution >= 4 is 45.0 Å². The molecule has 25 heavy (non-hydrogen) atoms. The number of nitrogens with zero attached hydrogens (tertiary/aromatic N) is 2. The Morgan fingerprint density at radius 1 is 1.28 bits per heavy atom. The van der Waals surface area contributed by atoms with Crippen molar-refractivity contribution in [2.75, 3.05) is 13.6 Å². The van der Waals surface area contributed by atoms with Gasteiger partial charge >= 0.3 is 0 Å². The zero-order chi connectivity index (χ0) is 18.0. The van der Waals surface area contributed by atoms with E-state index in [1.807, 2.05) is 41.9 Å². The van der Waals surface area contributed by atoms with Gasteiger partial charge in [-0.25, -0.2) is 0 Å². The molecule has 0 aliphatic rings. The summed E-state index contributed by atoms with van der Waals surface area (Å²) in [6.45, 7) is 2.47. The zero-order valence-corrected chi connectivity index (χ0v) is 15.4. The van der Waals surface area contributed by atoms with E-state index in [4.69, 9.17) is 11.6 Å². The van der Waals surface area contributed by atoms with Gasteiger partial charge in [-0.15, -0.1) is 11.3 Å². The number of benzene rings is 1. The lowest BCUT2D eigenvalue weighted by Crippen LogP contribution is -2.34. The first kappa shape index (κ1) is 17.4. The third-order valence-corrected chi connectivity index (χ3v) is 5.16. The molecule has 0 spiro atoms. The van der Waals surface area contributed by atoms with E-state index in [9.17, 15) is 9.59 Å². The molecule has 0 bridgehead atoms. The fourth-order valence-electron chi connectivity index (χ4n) is 2.43. The molecular formula is C17H17ClN4O2S. The third kappa shape index (κ3) is 3.83. The number of amides is 2. The molecule has 3 rings (SSSR count). The van der Waals surface area contributed by atoms with Crippen molar-refractivity contribution in [3.05, 3.63) is 51.5 Å². The highest BCUT2D eigenvalue weighted by atomic mass is 35.5. The Hall–Kier alpha value is -2.38. The molecule has 2 N–H and O–H groups in total. The fraction of sp³-hybridized carbons (Fsp3) is 0.235. The lowest BCUT2D eigenvalue weighted by Gasteiger charge is -2.03. The number of carbonyl (C=O) groups excluding carboxylic acids is 2. The van der Waals surface area contributed by atoms with E-state index in [0.29, 0.717) is 16.4 Å². The van der Waals surface area contributed by atoms with Crippen LogP contribution in [0.3, 0.4) is 0 Å². The zero-order valence-electron chi connectivity index (χ0n) is 13.8. The number of nitrogens with one attached hydrogen (secondary N) is 2. The summed E-state index contributed by atoms with van der Waals surface area (Å²) in [4.78, 5) is 25.0. The van der Waals surface area contributed by atoms with E-state index in [1.54, 1.807) is 0 Å². The van der Waals surface area contributed by atoms with Gasteiger partial charge in [0.05, 0.1) is 23.7 Å². The lowest BCUT2D eigenvalue weighted by molar-refractivity contribution is -0.119. The van der Waals surface area contributed by atoms with Crippen LogP contribution in [0.15, 0.2) is 30.3 Å². The largest absolute Gasteiger partial charge is 0.358 e. The summed E-state index contributed by atoms with van der Waals surface area (Å²) >= 11 is 7.29. The van der Waals surface area contributed by atoms with Crippen molar-refractivity contribution in [2.24, 2.45) is 0 Å². The predicted octanol–water partition coefficient (Wildman–Crippen LogP) is 2.58. The van der Waals surface area contributed by atoms with Crippen molar-refractivity contribution in [3.8, 4) is 0 Å². The number of fused-ring (bicyclic) bond motifs is 1. The van der Waals surface area contributed by atoms with Crippen LogP contribution in [0.5, 0.6) is 0 Å². The molecule has 130 valence electrons. The molecule has 2 heterocycles. The summed E-state index contributed by atoms with van der Waals surface area (Å²) in [5.41, 5.74) is 1.94. The number of aryl methyl sites for hydroxylation is 1. The molecule has 0 unspecified atom stereocenters. The van der Waals surface area contributed by atoms with E-state index in [2.05, 4.69) is 15.7 Å². The molecule has 0 atom stereocenters. The Morgan fingerprint density at radius 3 is 2.68 bits per heavy atom. The van der Waals surface area contributed by atoms with E-state index < -0.39 is 0 Å². The number of carbonyl (C=O) groups is 2. The molecule has 0 saturated carbocycles. The number of halogens is 1. The summed E-state index contributed by atoms with van der Waals surface area (Å²) in [5, 5.41) is 11.3. The van der Waals surface area contributed by atoms with E-state index in [0.717, 1.165) is 21.5 Å². The summed E-state index contributed by atoms with van der Waals surface area (Å²) in [6, 6.07) is 9.42. The molecule has 1 aromatic carbocycles. The monoisotopic (exact) mass is 376 g/mol. The minimum absolute atomic E-state index is 0.0422. The minimum atomic E-state index is -0.262. The van der Waals surface area contributed by atoms with Crippen molar-refractivity contribution in [3.63, 3.8) is 0 Å². The predicted molar refractivity (Wildman–Crippen MR) is 99.3 cm³/mol. The number of likely N-dealkylation sites (N-methyl/N-ethyl adjacent to an activating group) is 1. The minimum Gasteiger partial charge on any atom is -0.358 e. The van der Waals surface area contributed by atoms with Crippen molar-refractivity contribution in [2.45, 2.75) is 13.5 Å². The molecule has 2 amide bonds. The highest BCUT2D eigenvalue weighted by Gasteiger charge is 2.17. The molecule has 0 fully saturated rings. The number of thiophene rings is 1. The van der Waals surface area contributed by atoms with Crippen LogP contribution in [0.1, 0.15) is 20.9 Å². The van der Waals surface area contributed by atoms with E-state index >= 15 is 0 Å². The molecule has 3 aromatic rings. The maximum absolute atomic E-state index is 12.2. The average molecular weight is 377 g/mol. The standard InChI is InChI=1S/C17H17ClN4O2S/c1-10-13-7-14(16(24)20-8-15(23)19-2)25-17(13)22(21-10)9-11-3-5-12(18)6-4-11/h3-7H,8-9H2,1-2H3,(H,19,23)(H,20,24). The van der Waals surface area contributed by atoms with Crippen molar-refractivity contribution in [1.29, 1.82) is 0 Å². The molecular weight excluding hydrogens is 360 g/mol. The SMILES string of the molecule is CNC(=O)CNC(=O)c1cc2c(C)nn(Cc3ccc(Cl)cc3)c2s1. The van der Waals surface area contributed by atoms with Crippen molar-refractivity contribution < 1.29 is 9.59 Å². The van der Waals surface area contributed by atoms with Gasteiger partial charge < -0.3 is 10.6 Å². The number of rotatable bonds is 5. The second kappa shape index (κ2) is 7.25. The normalized spacial score (nSPS) is 10.8. The quantitative estimate of drug-likeness (QED) is 0.718. The number of hydrogen-bond donors (Lipinski definition) is 2. The van der Waals surface area contributed by atoms with Crippen LogP contribution in [0.25, 0.3) is 10.2 Å². The first-order valence-corrected chi connectivity index (χ1v) is 8.87. The maximum atomic E-state index is 12.2. The van der Waals surface area contributed by atoms with Crippen LogP contribution < -0.4 is 10.6 Å². The molecule has 6 nitrogen and oxygen atoms in total. The molecule has 2 aromatic heterocycles. The van der Waals surface area contributed by atoms with E-state index in [1.165, 1.54) is 18.4 Å². The molecule has 8 heteroatoms. The highest BCUT2D eigenvalue weighted by Crippen LogP contribution is 2.29. The van der Waals surface area contributed by atoms with Crippen LogP contribution in [-0.2, 0) is 11.3 Å². The van der Waals surface area contributed by atoms with Gasteiger partial charge in [0.1, 0.15) is 4.83 Å². The molecule has 0 aliphatic carbocycles. The Morgan fingerprint density at radius 2 is 2.00 bits per heavy atom. The van der Waals surface area contributed by atoms with Gasteiger partial charge in [-0.2, -0.15) is 5.10 Å². The van der Waals surface area contributed by atoms with Crippen LogP contribution in [0.2, 0.25) is 5.02 Å². The molecule has 0 saturated heterocycles. The highest BCUT2D eigenvalue weighted by molar-refractivity contribution is 7.20. The van der Waals surface area contributed by atoms with Crippen molar-refractivity contribution in [1.82, 2.24) is 20.4 Å². The first-order valence-electron chi connectivity index (χ1n) is 7.68. The summed E-state index contributed by atoms with van der Waals surface area (Å²) in [7, 11) is 1.53. The van der Waals surface area contributed by atoms with Crippen LogP contribution in [-0.4, -0.2) is 35.2 Å². The Kier molecular flexibility index (Phi) is 5.06. The number of aromatic nitrogens is 2. The van der Waals surface area contributed by atoms with Gasteiger partial charge in [-0.3, -0.25) is 14.3 Å². The summed E-state index contributed by atoms with van der Waals surface area (Å²) in [5.74, 6) is -0.498. The smallest absolute Gasteiger partial charge is 0.261 e. The average Bonchev–Trinajstić information content (AvgIpc) is 3.16. The molecule has 0 radical (unpaired) electrons. The van der Waals surface area contributed by atoms with E-state index in [-0.39, 0.29) is 18.4 Å². The summed E-state index contributed by atoms with van der Waals surface area (Å²) < 4.78 is 1.88. The van der Waals surface area contributed by atoms with Gasteiger partial charge in [0.15, 0.2) is 0 Å². The third-order valence-electron chi connectivity index (χ3n) is 3.77. The number of hydrogen-bond acceptors (Lipinski definition) is 4. The second-order valence-corrected chi connectivity index (χ2v) is 7.02. The van der Waals surface area contributed by atoms with Crippen LogP contribution >= 0.6 is 22.9 Å². The Labute approximate surface area is 153 Å². The van der Waals surface area contributed by atoms with Gasteiger partial charge in [0, 0.05) is 17.5 Å². The molecule has 0 aliphatic heterocycles. The Bertz CT molecular complexity index is 930. The van der Waals surface area contributed by atoms with Gasteiger partial charge in [-0.05, 0) is 30.7 Å². The van der Waals surface area contributed by atoms with Crippen LogP contribution in [0, 0.1) is 6.92 Å². The van der Waals surface area contributed by atoms with Gasteiger partial charge in [-0.1, -0.05) is 23.7 Å². The first-order chi connectivity index (χ1) is 12.0. The topological polar surface area (TPSA) is 76.0 Å². The summed E-state index contributed by atoms with van der Waals surface area (Å²) in [6.07, 6.45) is 0. The van der Waals surface area contributed by atoms with Gasteiger partial charge in [0.25, 0.3) is 5.91 Å². The second-order valence-electron chi connectivity index (χ2n) is 5.55.